The predicted molar refractivity (Wildman–Crippen MR) is 95.2 cm³/mol. The van der Waals surface area contributed by atoms with Crippen molar-refractivity contribution in [2.24, 2.45) is 11.3 Å². The third-order valence-corrected chi connectivity index (χ3v) is 5.11. The zero-order valence-corrected chi connectivity index (χ0v) is 15.6. The molecule has 4 amide bonds. The fourth-order valence-corrected chi connectivity index (χ4v) is 4.52. The number of carbonyl (C=O) groups is 3. The largest absolute Gasteiger partial charge is 0.325 e. The Labute approximate surface area is 152 Å². The maximum atomic E-state index is 13.0. The summed E-state index contributed by atoms with van der Waals surface area (Å²) in [5.41, 5.74) is 0.141. The molecule has 8 nitrogen and oxygen atoms in total. The molecule has 1 aromatic rings. The molecule has 1 aliphatic carbocycles. The predicted octanol–water partition coefficient (Wildman–Crippen LogP) is 1.86. The van der Waals surface area contributed by atoms with Crippen LogP contribution >= 0.6 is 0 Å². The highest BCUT2D eigenvalue weighted by molar-refractivity contribution is 6.10. The van der Waals surface area contributed by atoms with Crippen molar-refractivity contribution < 1.29 is 14.4 Å². The molecule has 0 aromatic carbocycles. The van der Waals surface area contributed by atoms with E-state index in [9.17, 15) is 14.4 Å². The van der Waals surface area contributed by atoms with Gasteiger partial charge in [0.1, 0.15) is 12.1 Å². The van der Waals surface area contributed by atoms with E-state index in [1.807, 2.05) is 0 Å². The minimum atomic E-state index is -0.896. The number of nitrogens with zero attached hydrogens (tertiary/aromatic N) is 3. The molecule has 140 valence electrons. The summed E-state index contributed by atoms with van der Waals surface area (Å²) in [6.45, 7) is 7.72. The highest BCUT2D eigenvalue weighted by Crippen LogP contribution is 2.46. The molecule has 0 bridgehead atoms. The zero-order chi connectivity index (χ0) is 19.1. The molecule has 2 fully saturated rings. The summed E-state index contributed by atoms with van der Waals surface area (Å²) in [6.07, 6.45) is 3.66. The van der Waals surface area contributed by atoms with E-state index in [2.05, 4.69) is 41.6 Å². The van der Waals surface area contributed by atoms with Crippen LogP contribution < -0.4 is 10.6 Å². The summed E-state index contributed by atoms with van der Waals surface area (Å²) < 4.78 is 0. The van der Waals surface area contributed by atoms with Crippen LogP contribution in [0.4, 0.5) is 10.5 Å². The molecule has 1 saturated heterocycles. The Morgan fingerprint density at radius 1 is 1.38 bits per heavy atom. The van der Waals surface area contributed by atoms with Crippen LogP contribution in [-0.2, 0) is 9.59 Å². The highest BCUT2D eigenvalue weighted by atomic mass is 16.2. The first kappa shape index (κ1) is 18.3. The molecule has 3 rings (SSSR count). The van der Waals surface area contributed by atoms with Gasteiger partial charge in [-0.15, -0.1) is 0 Å². The molecule has 2 atom stereocenters. The Morgan fingerprint density at radius 2 is 2.12 bits per heavy atom. The average Bonchev–Trinajstić information content (AvgIpc) is 2.71. The molecule has 2 aliphatic rings. The zero-order valence-electron chi connectivity index (χ0n) is 15.6. The normalized spacial score (nSPS) is 27.5. The number of nitrogens with one attached hydrogen (secondary N) is 2. The van der Waals surface area contributed by atoms with Crippen LogP contribution in [0.3, 0.4) is 0 Å². The van der Waals surface area contributed by atoms with E-state index >= 15 is 0 Å². The van der Waals surface area contributed by atoms with Crippen molar-refractivity contribution in [3.63, 3.8) is 0 Å². The number of rotatable bonds is 3. The minimum absolute atomic E-state index is 0.0430. The maximum Gasteiger partial charge on any atom is 0.325 e. The highest BCUT2D eigenvalue weighted by Gasteiger charge is 2.56. The molecular formula is C18H25N5O3. The molecule has 2 unspecified atom stereocenters. The summed E-state index contributed by atoms with van der Waals surface area (Å²) in [5.74, 6) is -0.422. The Bertz CT molecular complexity index is 763. The smallest absolute Gasteiger partial charge is 0.323 e. The van der Waals surface area contributed by atoms with Crippen molar-refractivity contribution >= 4 is 23.5 Å². The first-order valence-electron chi connectivity index (χ1n) is 8.84. The number of urea groups is 1. The Balaban J connectivity index is 1.73. The van der Waals surface area contributed by atoms with Crippen molar-refractivity contribution in [2.45, 2.75) is 52.5 Å². The van der Waals surface area contributed by atoms with Crippen LogP contribution in [0.15, 0.2) is 12.3 Å². The maximum absolute atomic E-state index is 13.0. The first-order valence-corrected chi connectivity index (χ1v) is 8.84. The lowest BCUT2D eigenvalue weighted by Crippen LogP contribution is -2.54. The van der Waals surface area contributed by atoms with Gasteiger partial charge in [0.2, 0.25) is 5.91 Å². The summed E-state index contributed by atoms with van der Waals surface area (Å²) in [6, 6.07) is 1.12. The molecule has 1 spiro atoms. The molecule has 2 N–H and O–H groups in total. The van der Waals surface area contributed by atoms with Gasteiger partial charge in [-0.3, -0.25) is 14.5 Å². The number of aryl methyl sites for hydroxylation is 1. The Kier molecular flexibility index (Phi) is 4.46. The van der Waals surface area contributed by atoms with Gasteiger partial charge in [0.05, 0.1) is 17.6 Å². The molecule has 8 heteroatoms. The second-order valence-corrected chi connectivity index (χ2v) is 8.34. The van der Waals surface area contributed by atoms with E-state index in [-0.39, 0.29) is 17.9 Å². The van der Waals surface area contributed by atoms with Crippen molar-refractivity contribution in [1.29, 1.82) is 0 Å². The van der Waals surface area contributed by atoms with Crippen molar-refractivity contribution in [2.75, 3.05) is 11.9 Å². The van der Waals surface area contributed by atoms with Crippen molar-refractivity contribution in [3.05, 3.63) is 18.0 Å². The Hall–Kier alpha value is -2.51. The van der Waals surface area contributed by atoms with E-state index in [0.717, 1.165) is 11.3 Å². The van der Waals surface area contributed by atoms with Gasteiger partial charge in [-0.1, -0.05) is 20.8 Å². The van der Waals surface area contributed by atoms with Crippen LogP contribution in [-0.4, -0.2) is 45.0 Å². The van der Waals surface area contributed by atoms with Gasteiger partial charge >= 0.3 is 6.03 Å². The van der Waals surface area contributed by atoms with Crippen LogP contribution in [0.2, 0.25) is 0 Å². The van der Waals surface area contributed by atoms with Crippen LogP contribution in [0.1, 0.15) is 45.7 Å². The molecule has 1 saturated carbocycles. The second kappa shape index (κ2) is 6.34. The van der Waals surface area contributed by atoms with E-state index in [0.29, 0.717) is 30.1 Å². The second-order valence-electron chi connectivity index (χ2n) is 8.34. The van der Waals surface area contributed by atoms with E-state index < -0.39 is 17.5 Å². The number of hydrogen-bond donors (Lipinski definition) is 2. The van der Waals surface area contributed by atoms with Crippen molar-refractivity contribution in [1.82, 2.24) is 20.4 Å². The standard InChI is InChI=1S/C18H25N5O3/c1-11-7-17(3,4)10-18(8-11)15(25)23(16(26)21-18)9-14(24)20-13-5-6-19-22-12(13)2/h5-6,11H,7-10H2,1-4H3,(H,21,26)(H,19,20,24). The monoisotopic (exact) mass is 359 g/mol. The third-order valence-electron chi connectivity index (χ3n) is 5.11. The van der Waals surface area contributed by atoms with Gasteiger partial charge in [-0.25, -0.2) is 4.79 Å². The Morgan fingerprint density at radius 3 is 2.77 bits per heavy atom. The van der Waals surface area contributed by atoms with Crippen LogP contribution in [0.5, 0.6) is 0 Å². The topological polar surface area (TPSA) is 104 Å². The van der Waals surface area contributed by atoms with Crippen LogP contribution in [0, 0.1) is 18.3 Å². The number of aromatic nitrogens is 2. The number of imide groups is 1. The lowest BCUT2D eigenvalue weighted by molar-refractivity contribution is -0.136. The molecule has 0 radical (unpaired) electrons. The van der Waals surface area contributed by atoms with E-state index in [1.54, 1.807) is 13.0 Å². The first-order chi connectivity index (χ1) is 12.1. The molecule has 2 heterocycles. The lowest BCUT2D eigenvalue weighted by Gasteiger charge is -2.43. The molecular weight excluding hydrogens is 334 g/mol. The summed E-state index contributed by atoms with van der Waals surface area (Å²) >= 11 is 0. The van der Waals surface area contributed by atoms with E-state index in [1.165, 1.54) is 6.20 Å². The summed E-state index contributed by atoms with van der Waals surface area (Å²) in [5, 5.41) is 13.1. The minimum Gasteiger partial charge on any atom is -0.323 e. The summed E-state index contributed by atoms with van der Waals surface area (Å²) in [4.78, 5) is 38.8. The molecule has 1 aromatic heterocycles. The van der Waals surface area contributed by atoms with Gasteiger partial charge < -0.3 is 10.6 Å². The number of carbonyl (C=O) groups excluding carboxylic acids is 3. The fraction of sp³-hybridized carbons (Fsp3) is 0.611. The van der Waals surface area contributed by atoms with Gasteiger partial charge in [-0.2, -0.15) is 10.2 Å². The fourth-order valence-electron chi connectivity index (χ4n) is 4.52. The van der Waals surface area contributed by atoms with Gasteiger partial charge in [0.15, 0.2) is 0 Å². The SMILES string of the molecule is Cc1nnccc1NC(=O)CN1C(=O)NC2(CC(C)CC(C)(C)C2)C1=O. The van der Waals surface area contributed by atoms with Gasteiger partial charge in [0.25, 0.3) is 5.91 Å². The quantitative estimate of drug-likeness (QED) is 0.802. The third kappa shape index (κ3) is 3.40. The molecule has 26 heavy (non-hydrogen) atoms. The molecule has 1 aliphatic heterocycles. The summed E-state index contributed by atoms with van der Waals surface area (Å²) in [7, 11) is 0. The number of anilines is 1. The number of amides is 4. The average molecular weight is 359 g/mol. The van der Waals surface area contributed by atoms with Crippen LogP contribution in [0.25, 0.3) is 0 Å². The van der Waals surface area contributed by atoms with Gasteiger partial charge in [0, 0.05) is 0 Å². The van der Waals surface area contributed by atoms with E-state index in [4.69, 9.17) is 0 Å². The number of hydrogen-bond acceptors (Lipinski definition) is 5. The van der Waals surface area contributed by atoms with Gasteiger partial charge in [-0.05, 0) is 43.6 Å². The lowest BCUT2D eigenvalue weighted by atomic mass is 9.64. The van der Waals surface area contributed by atoms with Crippen molar-refractivity contribution in [3.8, 4) is 0 Å².